The summed E-state index contributed by atoms with van der Waals surface area (Å²) in [5, 5.41) is 4.30. The van der Waals surface area contributed by atoms with E-state index in [4.69, 9.17) is 10.5 Å². The van der Waals surface area contributed by atoms with Crippen molar-refractivity contribution in [1.29, 1.82) is 0 Å². The monoisotopic (exact) mass is 285 g/mol. The summed E-state index contributed by atoms with van der Waals surface area (Å²) < 4.78 is 18.3. The van der Waals surface area contributed by atoms with E-state index in [2.05, 4.69) is 22.9 Å². The Morgan fingerprint density at radius 2 is 2.11 bits per heavy atom. The fourth-order valence-electron chi connectivity index (χ4n) is 1.15. The van der Waals surface area contributed by atoms with E-state index in [9.17, 15) is 14.0 Å². The van der Waals surface area contributed by atoms with Gasteiger partial charge in [0.05, 0.1) is 24.3 Å². The number of amides is 2. The Hall–Kier alpha value is -2.22. The molecule has 0 saturated heterocycles. The predicted molar refractivity (Wildman–Crippen MR) is 71.4 cm³/mol. The summed E-state index contributed by atoms with van der Waals surface area (Å²) in [7, 11) is 1.40. The van der Waals surface area contributed by atoms with Crippen LogP contribution in [0.5, 0.6) is 5.75 Å². The highest BCUT2D eigenvalue weighted by atomic mass is 32.1. The molecule has 0 radical (unpaired) electrons. The van der Waals surface area contributed by atoms with Gasteiger partial charge in [-0.15, -0.1) is 0 Å². The van der Waals surface area contributed by atoms with Crippen molar-refractivity contribution in [3.63, 3.8) is 0 Å². The number of anilines is 1. The smallest absolute Gasteiger partial charge is 0.313 e. The average molecular weight is 285 g/mol. The summed E-state index contributed by atoms with van der Waals surface area (Å²) in [6.45, 7) is -0.109. The van der Waals surface area contributed by atoms with Crippen LogP contribution in [0, 0.1) is 5.82 Å². The van der Waals surface area contributed by atoms with E-state index in [0.29, 0.717) is 5.75 Å². The molecule has 1 rings (SSSR count). The number of nitrogens with two attached hydrogens (primary N) is 1. The second-order valence-corrected chi connectivity index (χ2v) is 3.97. The number of nitrogens with one attached hydrogen (secondary N) is 2. The number of carbonyl (C=O) groups is 2. The molecule has 19 heavy (non-hydrogen) atoms. The minimum Gasteiger partial charge on any atom is -0.497 e. The zero-order chi connectivity index (χ0) is 14.4. The maximum atomic E-state index is 13.4. The maximum absolute atomic E-state index is 13.4. The number of carbonyl (C=O) groups excluding carboxylic acids is 2. The zero-order valence-electron chi connectivity index (χ0n) is 10.0. The molecule has 0 aliphatic carbocycles. The number of thiocarbonyl (C=S) groups is 1. The number of halogens is 1. The van der Waals surface area contributed by atoms with Crippen molar-refractivity contribution < 1.29 is 18.7 Å². The second kappa shape index (κ2) is 6.64. The van der Waals surface area contributed by atoms with Gasteiger partial charge in [-0.3, -0.25) is 9.59 Å². The van der Waals surface area contributed by atoms with Crippen LogP contribution >= 0.6 is 12.2 Å². The third-order valence-corrected chi connectivity index (χ3v) is 2.20. The average Bonchev–Trinajstić information content (AvgIpc) is 2.38. The normalized spacial score (nSPS) is 9.58. The third kappa shape index (κ3) is 4.51. The van der Waals surface area contributed by atoms with Gasteiger partial charge in [0, 0.05) is 6.07 Å². The number of benzene rings is 1. The molecule has 1 aromatic carbocycles. The lowest BCUT2D eigenvalue weighted by Gasteiger charge is -2.08. The van der Waals surface area contributed by atoms with Crippen LogP contribution in [0.4, 0.5) is 10.1 Å². The first kappa shape index (κ1) is 14.8. The van der Waals surface area contributed by atoms with Crippen LogP contribution in [-0.4, -0.2) is 30.5 Å². The highest BCUT2D eigenvalue weighted by Crippen LogP contribution is 2.20. The van der Waals surface area contributed by atoms with Crippen molar-refractivity contribution in [3.05, 3.63) is 24.0 Å². The van der Waals surface area contributed by atoms with Crippen molar-refractivity contribution in [2.75, 3.05) is 19.0 Å². The summed E-state index contributed by atoms with van der Waals surface area (Å²) >= 11 is 4.54. The Morgan fingerprint density at radius 3 is 2.68 bits per heavy atom. The fraction of sp³-hybridized carbons (Fsp3) is 0.182. The Morgan fingerprint density at radius 1 is 1.42 bits per heavy atom. The Balaban J connectivity index is 2.71. The summed E-state index contributed by atoms with van der Waals surface area (Å²) in [5.74, 6) is -2.32. The molecule has 0 bridgehead atoms. The molecule has 6 nitrogen and oxygen atoms in total. The molecule has 0 spiro atoms. The number of rotatable bonds is 4. The topological polar surface area (TPSA) is 93.4 Å². The first-order valence-corrected chi connectivity index (χ1v) is 5.56. The van der Waals surface area contributed by atoms with Gasteiger partial charge in [0.2, 0.25) is 0 Å². The molecule has 102 valence electrons. The van der Waals surface area contributed by atoms with Crippen molar-refractivity contribution >= 4 is 34.7 Å². The lowest BCUT2D eigenvalue weighted by Crippen LogP contribution is -2.39. The highest BCUT2D eigenvalue weighted by Gasteiger charge is 2.15. The molecule has 1 aromatic rings. The van der Waals surface area contributed by atoms with E-state index < -0.39 is 17.6 Å². The lowest BCUT2D eigenvalue weighted by atomic mass is 10.3. The number of hydrogen-bond donors (Lipinski definition) is 3. The standard InChI is InChI=1S/C11H12FN3O3S/c1-18-6-2-3-7(12)8(4-6)15-11(17)10(16)14-5-9(13)19/h2-4H,5H2,1H3,(H2,13,19)(H,14,16)(H,15,17). The molecular formula is C11H12FN3O3S. The van der Waals surface area contributed by atoms with Gasteiger partial charge in [0.25, 0.3) is 0 Å². The van der Waals surface area contributed by atoms with E-state index >= 15 is 0 Å². The van der Waals surface area contributed by atoms with Crippen LogP contribution in [0.2, 0.25) is 0 Å². The van der Waals surface area contributed by atoms with E-state index in [1.54, 1.807) is 0 Å². The first-order chi connectivity index (χ1) is 8.93. The van der Waals surface area contributed by atoms with Gasteiger partial charge in [0.15, 0.2) is 0 Å². The zero-order valence-corrected chi connectivity index (χ0v) is 10.8. The van der Waals surface area contributed by atoms with E-state index in [-0.39, 0.29) is 17.2 Å². The largest absolute Gasteiger partial charge is 0.497 e. The third-order valence-electron chi connectivity index (χ3n) is 2.05. The lowest BCUT2D eigenvalue weighted by molar-refractivity contribution is -0.135. The second-order valence-electron chi connectivity index (χ2n) is 3.45. The van der Waals surface area contributed by atoms with Crippen LogP contribution < -0.4 is 21.1 Å². The Kier molecular flexibility index (Phi) is 5.19. The van der Waals surface area contributed by atoms with Gasteiger partial charge >= 0.3 is 11.8 Å². The van der Waals surface area contributed by atoms with Crippen molar-refractivity contribution in [2.45, 2.75) is 0 Å². The molecule has 0 atom stereocenters. The van der Waals surface area contributed by atoms with Crippen molar-refractivity contribution in [3.8, 4) is 5.75 Å². The minimum absolute atomic E-state index is 0.0358. The summed E-state index contributed by atoms with van der Waals surface area (Å²) in [6, 6.07) is 3.76. The van der Waals surface area contributed by atoms with Gasteiger partial charge in [-0.1, -0.05) is 12.2 Å². The van der Waals surface area contributed by atoms with Gasteiger partial charge in [0.1, 0.15) is 11.6 Å². The number of ether oxygens (including phenoxy) is 1. The highest BCUT2D eigenvalue weighted by molar-refractivity contribution is 7.80. The molecule has 0 aliphatic heterocycles. The van der Waals surface area contributed by atoms with Gasteiger partial charge in [-0.2, -0.15) is 0 Å². The molecular weight excluding hydrogens is 273 g/mol. The maximum Gasteiger partial charge on any atom is 0.313 e. The molecule has 0 unspecified atom stereocenters. The number of hydrogen-bond acceptors (Lipinski definition) is 4. The number of methoxy groups -OCH3 is 1. The predicted octanol–water partition coefficient (Wildman–Crippen LogP) is 0.175. The fourth-order valence-corrected chi connectivity index (χ4v) is 1.23. The van der Waals surface area contributed by atoms with Crippen LogP contribution in [0.15, 0.2) is 18.2 Å². The van der Waals surface area contributed by atoms with Crippen LogP contribution in [-0.2, 0) is 9.59 Å². The first-order valence-electron chi connectivity index (χ1n) is 5.15. The van der Waals surface area contributed by atoms with Crippen LogP contribution in [0.1, 0.15) is 0 Å². The summed E-state index contributed by atoms with van der Waals surface area (Å²) in [5.41, 5.74) is 5.01. The molecule has 0 aliphatic rings. The van der Waals surface area contributed by atoms with Crippen molar-refractivity contribution in [1.82, 2.24) is 5.32 Å². The summed E-state index contributed by atoms with van der Waals surface area (Å²) in [6.07, 6.45) is 0. The van der Waals surface area contributed by atoms with E-state index in [1.165, 1.54) is 19.2 Å². The van der Waals surface area contributed by atoms with Gasteiger partial charge in [-0.25, -0.2) is 4.39 Å². The molecule has 8 heteroatoms. The van der Waals surface area contributed by atoms with E-state index in [0.717, 1.165) is 6.07 Å². The molecule has 0 saturated carbocycles. The molecule has 2 amide bonds. The van der Waals surface area contributed by atoms with Gasteiger partial charge in [-0.05, 0) is 12.1 Å². The Labute approximate surface area is 114 Å². The molecule has 0 heterocycles. The van der Waals surface area contributed by atoms with Crippen LogP contribution in [0.3, 0.4) is 0 Å². The van der Waals surface area contributed by atoms with Crippen LogP contribution in [0.25, 0.3) is 0 Å². The molecule has 0 aromatic heterocycles. The van der Waals surface area contributed by atoms with Crippen molar-refractivity contribution in [2.24, 2.45) is 5.73 Å². The van der Waals surface area contributed by atoms with E-state index in [1.807, 2.05) is 0 Å². The Bertz CT molecular complexity index is 522. The minimum atomic E-state index is -1.02. The molecule has 0 fully saturated rings. The van der Waals surface area contributed by atoms with Gasteiger partial charge < -0.3 is 21.1 Å². The molecule has 4 N–H and O–H groups in total. The SMILES string of the molecule is COc1ccc(F)c(NC(=O)C(=O)NCC(N)=S)c1. The summed E-state index contributed by atoms with van der Waals surface area (Å²) in [4.78, 5) is 22.8. The quantitative estimate of drug-likeness (QED) is 0.542.